The monoisotopic (exact) mass is 354 g/mol. The summed E-state index contributed by atoms with van der Waals surface area (Å²) in [5, 5.41) is 2.75. The molecule has 5 nitrogen and oxygen atoms in total. The van der Waals surface area contributed by atoms with Crippen molar-refractivity contribution in [2.45, 2.75) is 40.7 Å². The van der Waals surface area contributed by atoms with E-state index in [2.05, 4.69) is 24.4 Å². The molecular formula is C21H26N2O3. The number of ether oxygens (including phenoxy) is 1. The van der Waals surface area contributed by atoms with Crippen molar-refractivity contribution in [3.05, 3.63) is 58.7 Å². The van der Waals surface area contributed by atoms with Gasteiger partial charge in [-0.25, -0.2) is 4.79 Å². The van der Waals surface area contributed by atoms with E-state index in [-0.39, 0.29) is 5.91 Å². The molecule has 0 atom stereocenters. The van der Waals surface area contributed by atoms with E-state index in [1.165, 1.54) is 5.56 Å². The summed E-state index contributed by atoms with van der Waals surface area (Å²) in [5.74, 6) is 0.309. The first-order valence-electron chi connectivity index (χ1n) is 8.69. The van der Waals surface area contributed by atoms with Crippen LogP contribution in [0.15, 0.2) is 36.4 Å². The van der Waals surface area contributed by atoms with Gasteiger partial charge in [0.1, 0.15) is 5.75 Å². The predicted molar refractivity (Wildman–Crippen MR) is 104 cm³/mol. The van der Waals surface area contributed by atoms with Crippen LogP contribution in [0.3, 0.4) is 0 Å². The minimum absolute atomic E-state index is 0.0871. The lowest BCUT2D eigenvalue weighted by Gasteiger charge is -2.20. The zero-order chi connectivity index (χ0) is 19.3. The average molecular weight is 354 g/mol. The summed E-state index contributed by atoms with van der Waals surface area (Å²) in [7, 11) is 1.71. The third kappa shape index (κ3) is 5.09. The molecular weight excluding hydrogens is 328 g/mol. The highest BCUT2D eigenvalue weighted by Gasteiger charge is 2.15. The average Bonchev–Trinajstić information content (AvgIpc) is 2.58. The molecule has 2 amide bonds. The van der Waals surface area contributed by atoms with E-state index in [0.29, 0.717) is 24.4 Å². The van der Waals surface area contributed by atoms with Gasteiger partial charge in [-0.05, 0) is 49.6 Å². The Labute approximate surface area is 155 Å². The topological polar surface area (TPSA) is 58.6 Å². The van der Waals surface area contributed by atoms with Gasteiger partial charge in [-0.1, -0.05) is 30.7 Å². The summed E-state index contributed by atoms with van der Waals surface area (Å²) in [6.45, 7) is 8.42. The van der Waals surface area contributed by atoms with Gasteiger partial charge in [0, 0.05) is 31.8 Å². The Morgan fingerprint density at radius 3 is 2.35 bits per heavy atom. The number of anilines is 1. The molecule has 0 spiro atoms. The predicted octanol–water partition coefficient (Wildman–Crippen LogP) is 4.59. The maximum absolute atomic E-state index is 12.4. The molecule has 0 bridgehead atoms. The van der Waals surface area contributed by atoms with Crippen LogP contribution in [0.4, 0.5) is 10.5 Å². The number of carbonyl (C=O) groups excluding carboxylic acids is 2. The highest BCUT2D eigenvalue weighted by Crippen LogP contribution is 2.21. The molecule has 0 saturated heterocycles. The first-order valence-corrected chi connectivity index (χ1v) is 8.69. The van der Waals surface area contributed by atoms with Crippen molar-refractivity contribution in [3.63, 3.8) is 0 Å². The van der Waals surface area contributed by atoms with Crippen LogP contribution < -0.4 is 10.1 Å². The van der Waals surface area contributed by atoms with Crippen molar-refractivity contribution in [1.82, 2.24) is 4.90 Å². The van der Waals surface area contributed by atoms with Crippen LogP contribution in [-0.4, -0.2) is 23.9 Å². The number of aryl methyl sites for hydroxylation is 3. The fraction of sp³-hybridized carbons (Fsp3) is 0.333. The normalized spacial score (nSPS) is 10.3. The van der Waals surface area contributed by atoms with Crippen LogP contribution in [0.5, 0.6) is 5.75 Å². The first-order chi connectivity index (χ1) is 12.3. The zero-order valence-corrected chi connectivity index (χ0v) is 16.1. The first kappa shape index (κ1) is 19.5. The Morgan fingerprint density at radius 2 is 1.73 bits per heavy atom. The Balaban J connectivity index is 2.06. The minimum Gasteiger partial charge on any atom is -0.410 e. The lowest BCUT2D eigenvalue weighted by Crippen LogP contribution is -2.29. The molecule has 0 radical (unpaired) electrons. The number of hydrogen-bond donors (Lipinski definition) is 1. The van der Waals surface area contributed by atoms with Gasteiger partial charge in [-0.2, -0.15) is 0 Å². The summed E-state index contributed by atoms with van der Waals surface area (Å²) in [6, 6.07) is 11.1. The Morgan fingerprint density at radius 1 is 1.08 bits per heavy atom. The van der Waals surface area contributed by atoms with Crippen molar-refractivity contribution in [1.29, 1.82) is 0 Å². The smallest absolute Gasteiger partial charge is 0.410 e. The molecule has 0 aromatic heterocycles. The Hall–Kier alpha value is -2.82. The molecule has 0 fully saturated rings. The number of hydrogen-bond acceptors (Lipinski definition) is 3. The molecule has 0 saturated carbocycles. The second-order valence-corrected chi connectivity index (χ2v) is 6.53. The van der Waals surface area contributed by atoms with E-state index >= 15 is 0 Å². The van der Waals surface area contributed by atoms with Crippen molar-refractivity contribution in [3.8, 4) is 5.75 Å². The van der Waals surface area contributed by atoms with Crippen LogP contribution >= 0.6 is 0 Å². The van der Waals surface area contributed by atoms with Crippen LogP contribution in [-0.2, 0) is 11.3 Å². The van der Waals surface area contributed by atoms with Crippen LogP contribution in [0.25, 0.3) is 0 Å². The highest BCUT2D eigenvalue weighted by atomic mass is 16.6. The lowest BCUT2D eigenvalue weighted by molar-refractivity contribution is -0.115. The van der Waals surface area contributed by atoms with Gasteiger partial charge in [-0.3, -0.25) is 4.79 Å². The molecule has 0 unspecified atom stereocenters. The molecule has 2 rings (SSSR count). The standard InChI is InChI=1S/C21H26N2O3/c1-6-20(24)22-17-8-7-9-18(12-17)26-21(25)23(5)13-19-15(3)10-14(2)11-16(19)4/h7-12H,6,13H2,1-5H3,(H,22,24). The maximum atomic E-state index is 12.4. The molecule has 138 valence electrons. The highest BCUT2D eigenvalue weighted by molar-refractivity contribution is 5.90. The number of nitrogens with zero attached hydrogens (tertiary/aromatic N) is 1. The second-order valence-electron chi connectivity index (χ2n) is 6.53. The maximum Gasteiger partial charge on any atom is 0.415 e. The third-order valence-corrected chi connectivity index (χ3v) is 4.19. The summed E-state index contributed by atoms with van der Waals surface area (Å²) < 4.78 is 5.44. The molecule has 5 heteroatoms. The SMILES string of the molecule is CCC(=O)Nc1cccc(OC(=O)N(C)Cc2c(C)cc(C)cc2C)c1. The fourth-order valence-electron chi connectivity index (χ4n) is 2.83. The van der Waals surface area contributed by atoms with E-state index in [0.717, 1.165) is 16.7 Å². The van der Waals surface area contributed by atoms with E-state index in [1.54, 1.807) is 43.1 Å². The van der Waals surface area contributed by atoms with Gasteiger partial charge >= 0.3 is 6.09 Å². The number of benzene rings is 2. The van der Waals surface area contributed by atoms with Crippen molar-refractivity contribution in [2.75, 3.05) is 12.4 Å². The molecule has 0 heterocycles. The molecule has 0 aliphatic rings. The second kappa shape index (κ2) is 8.52. The van der Waals surface area contributed by atoms with Gasteiger partial charge in [0.25, 0.3) is 0 Å². The third-order valence-electron chi connectivity index (χ3n) is 4.19. The Kier molecular flexibility index (Phi) is 6.39. The van der Waals surface area contributed by atoms with Gasteiger partial charge in [-0.15, -0.1) is 0 Å². The quantitative estimate of drug-likeness (QED) is 0.854. The summed E-state index contributed by atoms with van der Waals surface area (Å²) in [6.07, 6.45) is -0.0505. The van der Waals surface area contributed by atoms with Gasteiger partial charge in [0.05, 0.1) is 0 Å². The molecule has 2 aromatic carbocycles. The summed E-state index contributed by atoms with van der Waals surface area (Å²) in [4.78, 5) is 25.4. The molecule has 2 aromatic rings. The van der Waals surface area contributed by atoms with Gasteiger partial charge in [0.15, 0.2) is 0 Å². The van der Waals surface area contributed by atoms with Crippen LogP contribution in [0, 0.1) is 20.8 Å². The van der Waals surface area contributed by atoms with Crippen molar-refractivity contribution >= 4 is 17.7 Å². The number of nitrogens with one attached hydrogen (secondary N) is 1. The largest absolute Gasteiger partial charge is 0.415 e. The molecule has 0 aliphatic carbocycles. The number of carbonyl (C=O) groups is 2. The Bertz CT molecular complexity index is 792. The number of amides is 2. The summed E-state index contributed by atoms with van der Waals surface area (Å²) >= 11 is 0. The summed E-state index contributed by atoms with van der Waals surface area (Å²) in [5.41, 5.74) is 5.26. The van der Waals surface area contributed by atoms with E-state index in [9.17, 15) is 9.59 Å². The molecule has 1 N–H and O–H groups in total. The van der Waals surface area contributed by atoms with Crippen molar-refractivity contribution in [2.24, 2.45) is 0 Å². The molecule has 26 heavy (non-hydrogen) atoms. The van der Waals surface area contributed by atoms with E-state index < -0.39 is 6.09 Å². The minimum atomic E-state index is -0.441. The zero-order valence-electron chi connectivity index (χ0n) is 16.1. The van der Waals surface area contributed by atoms with E-state index in [4.69, 9.17) is 4.74 Å². The molecule has 0 aliphatic heterocycles. The van der Waals surface area contributed by atoms with Crippen LogP contribution in [0.2, 0.25) is 0 Å². The van der Waals surface area contributed by atoms with Gasteiger partial charge in [0.2, 0.25) is 5.91 Å². The fourth-order valence-corrected chi connectivity index (χ4v) is 2.83. The van der Waals surface area contributed by atoms with Crippen LogP contribution in [0.1, 0.15) is 35.6 Å². The van der Waals surface area contributed by atoms with Crippen molar-refractivity contribution < 1.29 is 14.3 Å². The van der Waals surface area contributed by atoms with Gasteiger partial charge < -0.3 is 15.0 Å². The lowest BCUT2D eigenvalue weighted by atomic mass is 9.99. The van der Waals surface area contributed by atoms with E-state index in [1.807, 2.05) is 13.8 Å². The number of rotatable bonds is 5.